The summed E-state index contributed by atoms with van der Waals surface area (Å²) < 4.78 is 0. The maximum atomic E-state index is 11.5. The van der Waals surface area contributed by atoms with Gasteiger partial charge in [0.1, 0.15) is 0 Å². The average molecular weight is 178 g/mol. The van der Waals surface area contributed by atoms with Crippen molar-refractivity contribution in [3.8, 4) is 0 Å². The summed E-state index contributed by atoms with van der Waals surface area (Å²) >= 11 is 1.79. The predicted molar refractivity (Wildman–Crippen MR) is 50.7 cm³/mol. The number of ketones is 1. The van der Waals surface area contributed by atoms with Gasteiger partial charge in [0.05, 0.1) is 0 Å². The molecule has 1 aromatic carbocycles. The highest BCUT2D eigenvalue weighted by molar-refractivity contribution is 7.99. The van der Waals surface area contributed by atoms with Crippen molar-refractivity contribution in [3.63, 3.8) is 0 Å². The van der Waals surface area contributed by atoms with E-state index in [2.05, 4.69) is 0 Å². The first-order valence-electron chi connectivity index (χ1n) is 4.13. The quantitative estimate of drug-likeness (QED) is 0.607. The van der Waals surface area contributed by atoms with Crippen LogP contribution in [0, 0.1) is 0 Å². The normalized spacial score (nSPS) is 16.8. The predicted octanol–water partition coefficient (Wildman–Crippen LogP) is 2.76. The van der Waals surface area contributed by atoms with Crippen LogP contribution in [0.4, 0.5) is 0 Å². The Labute approximate surface area is 76.2 Å². The van der Waals surface area contributed by atoms with Crippen molar-refractivity contribution in [1.29, 1.82) is 0 Å². The molecule has 0 aromatic heterocycles. The maximum Gasteiger partial charge on any atom is 0.164 e. The Morgan fingerprint density at radius 1 is 1.25 bits per heavy atom. The van der Waals surface area contributed by atoms with Crippen LogP contribution in [0.2, 0.25) is 0 Å². The molecule has 0 radical (unpaired) electrons. The van der Waals surface area contributed by atoms with Crippen LogP contribution >= 0.6 is 11.8 Å². The fraction of sp³-hybridized carbons (Fsp3) is 0.300. The van der Waals surface area contributed by atoms with Crippen molar-refractivity contribution >= 4 is 17.5 Å². The molecule has 1 nitrogen and oxygen atoms in total. The lowest BCUT2D eigenvalue weighted by molar-refractivity contribution is 0.0980. The van der Waals surface area contributed by atoms with E-state index in [1.165, 1.54) is 0 Å². The molecule has 1 aliphatic rings. The second kappa shape index (κ2) is 3.31. The largest absolute Gasteiger partial charge is 0.294 e. The molecule has 0 saturated heterocycles. The van der Waals surface area contributed by atoms with Crippen molar-refractivity contribution in [2.24, 2.45) is 0 Å². The third-order valence-electron chi connectivity index (χ3n) is 1.99. The molecule has 0 unspecified atom stereocenters. The number of Topliss-reactive ketones (excluding diaryl/α,β-unsaturated/α-hetero) is 1. The van der Waals surface area contributed by atoms with Gasteiger partial charge < -0.3 is 0 Å². The van der Waals surface area contributed by atoms with E-state index < -0.39 is 0 Å². The number of carbonyl (C=O) groups excluding carboxylic acids is 1. The van der Waals surface area contributed by atoms with Gasteiger partial charge in [-0.2, -0.15) is 0 Å². The van der Waals surface area contributed by atoms with Crippen LogP contribution in [0.3, 0.4) is 0 Å². The van der Waals surface area contributed by atoms with E-state index in [4.69, 9.17) is 0 Å². The maximum absolute atomic E-state index is 11.5. The highest BCUT2D eigenvalue weighted by Gasteiger charge is 2.14. The summed E-state index contributed by atoms with van der Waals surface area (Å²) in [6.45, 7) is 0. The van der Waals surface area contributed by atoms with Crippen molar-refractivity contribution in [2.45, 2.75) is 17.7 Å². The zero-order valence-corrected chi connectivity index (χ0v) is 7.56. The first-order chi connectivity index (χ1) is 5.88. The number of thioether (sulfide) groups is 1. The van der Waals surface area contributed by atoms with Gasteiger partial charge in [-0.1, -0.05) is 18.2 Å². The Bertz CT molecular complexity index is 306. The molecule has 0 saturated carbocycles. The average Bonchev–Trinajstić information content (AvgIpc) is 2.29. The molecule has 62 valence electrons. The lowest BCUT2D eigenvalue weighted by atomic mass is 10.1. The number of benzene rings is 1. The molecule has 2 heteroatoms. The molecule has 0 N–H and O–H groups in total. The summed E-state index contributed by atoms with van der Waals surface area (Å²) in [7, 11) is 0. The fourth-order valence-corrected chi connectivity index (χ4v) is 2.39. The van der Waals surface area contributed by atoms with Crippen LogP contribution in [0.5, 0.6) is 0 Å². The molecule has 1 heterocycles. The second-order valence-corrected chi connectivity index (χ2v) is 4.01. The standard InChI is InChI=1S/C10H10OS/c11-9-5-3-7-12-10-6-2-1-4-8(9)10/h1-2,4,6H,3,5,7H2. The minimum atomic E-state index is 0.301. The van der Waals surface area contributed by atoms with Gasteiger partial charge in [-0.15, -0.1) is 11.8 Å². The van der Waals surface area contributed by atoms with Crippen molar-refractivity contribution in [2.75, 3.05) is 5.75 Å². The molecule has 12 heavy (non-hydrogen) atoms. The molecule has 1 aromatic rings. The van der Waals surface area contributed by atoms with E-state index in [0.717, 1.165) is 22.6 Å². The summed E-state index contributed by atoms with van der Waals surface area (Å²) in [6, 6.07) is 7.88. The van der Waals surface area contributed by atoms with E-state index in [-0.39, 0.29) is 0 Å². The second-order valence-electron chi connectivity index (χ2n) is 2.87. The van der Waals surface area contributed by atoms with Crippen molar-refractivity contribution in [1.82, 2.24) is 0 Å². The van der Waals surface area contributed by atoms with E-state index in [0.29, 0.717) is 12.2 Å². The molecule has 0 bridgehead atoms. The third-order valence-corrected chi connectivity index (χ3v) is 3.15. The highest BCUT2D eigenvalue weighted by atomic mass is 32.2. The summed E-state index contributed by atoms with van der Waals surface area (Å²) in [6.07, 6.45) is 1.72. The minimum absolute atomic E-state index is 0.301. The van der Waals surface area contributed by atoms with Gasteiger partial charge in [-0.05, 0) is 18.2 Å². The Hall–Kier alpha value is -0.760. The summed E-state index contributed by atoms with van der Waals surface area (Å²) in [4.78, 5) is 12.6. The molecular formula is C10H10OS. The SMILES string of the molecule is O=C1CCCSc2ccccc21. The van der Waals surface area contributed by atoms with E-state index in [9.17, 15) is 4.79 Å². The van der Waals surface area contributed by atoms with Crippen LogP contribution in [-0.2, 0) is 0 Å². The summed E-state index contributed by atoms with van der Waals surface area (Å²) in [5, 5.41) is 0. The lowest BCUT2D eigenvalue weighted by Gasteiger charge is -2.00. The van der Waals surface area contributed by atoms with Crippen LogP contribution in [-0.4, -0.2) is 11.5 Å². The van der Waals surface area contributed by atoms with Crippen LogP contribution in [0.15, 0.2) is 29.2 Å². The van der Waals surface area contributed by atoms with E-state index in [1.807, 2.05) is 24.3 Å². The molecule has 0 amide bonds. The highest BCUT2D eigenvalue weighted by Crippen LogP contribution is 2.28. The zero-order valence-electron chi connectivity index (χ0n) is 6.75. The zero-order chi connectivity index (χ0) is 8.39. The van der Waals surface area contributed by atoms with Gasteiger partial charge in [0, 0.05) is 16.9 Å². The van der Waals surface area contributed by atoms with Gasteiger partial charge in [-0.3, -0.25) is 4.79 Å². The molecule has 0 fully saturated rings. The van der Waals surface area contributed by atoms with Crippen molar-refractivity contribution in [3.05, 3.63) is 29.8 Å². The lowest BCUT2D eigenvalue weighted by Crippen LogP contribution is -1.97. The number of rotatable bonds is 0. The van der Waals surface area contributed by atoms with Gasteiger partial charge in [0.25, 0.3) is 0 Å². The first kappa shape index (κ1) is 7.87. The molecule has 0 atom stereocenters. The topological polar surface area (TPSA) is 17.1 Å². The molecule has 1 aliphatic heterocycles. The smallest absolute Gasteiger partial charge is 0.164 e. The number of fused-ring (bicyclic) bond motifs is 1. The summed E-state index contributed by atoms with van der Waals surface area (Å²) in [5.41, 5.74) is 0.917. The Balaban J connectivity index is 2.46. The number of hydrogen-bond donors (Lipinski definition) is 0. The molecule has 0 spiro atoms. The Kier molecular flexibility index (Phi) is 2.17. The fourth-order valence-electron chi connectivity index (χ4n) is 1.37. The van der Waals surface area contributed by atoms with Gasteiger partial charge >= 0.3 is 0 Å². The Morgan fingerprint density at radius 2 is 2.08 bits per heavy atom. The van der Waals surface area contributed by atoms with Gasteiger partial charge in [0.2, 0.25) is 0 Å². The monoisotopic (exact) mass is 178 g/mol. The van der Waals surface area contributed by atoms with Crippen LogP contribution in [0.1, 0.15) is 23.2 Å². The van der Waals surface area contributed by atoms with Gasteiger partial charge in [0.15, 0.2) is 5.78 Å². The summed E-state index contributed by atoms with van der Waals surface area (Å²) in [5.74, 6) is 1.37. The minimum Gasteiger partial charge on any atom is -0.294 e. The van der Waals surface area contributed by atoms with Gasteiger partial charge in [-0.25, -0.2) is 0 Å². The van der Waals surface area contributed by atoms with Crippen LogP contribution < -0.4 is 0 Å². The van der Waals surface area contributed by atoms with E-state index >= 15 is 0 Å². The van der Waals surface area contributed by atoms with Crippen LogP contribution in [0.25, 0.3) is 0 Å². The van der Waals surface area contributed by atoms with Crippen molar-refractivity contribution < 1.29 is 4.79 Å². The first-order valence-corrected chi connectivity index (χ1v) is 5.11. The number of hydrogen-bond acceptors (Lipinski definition) is 2. The third kappa shape index (κ3) is 1.39. The number of carbonyl (C=O) groups is 1. The van der Waals surface area contributed by atoms with E-state index in [1.54, 1.807) is 11.8 Å². The molecule has 0 aliphatic carbocycles. The molecular weight excluding hydrogens is 168 g/mol. The Morgan fingerprint density at radius 3 is 3.00 bits per heavy atom. The molecule has 2 rings (SSSR count).